The standard InChI is InChI=1S/C19H18N2O3S/c1-11-4-5-13(8-12(11)2)18(22)20-19-21(3)14-9-15-16(10-17(14)25-19)24-7-6-23-15/h4-5,8-10H,6-7H2,1-3H3. The molecule has 0 fully saturated rings. The van der Waals surface area contributed by atoms with E-state index in [1.165, 1.54) is 11.3 Å². The summed E-state index contributed by atoms with van der Waals surface area (Å²) in [6.45, 7) is 5.13. The predicted octanol–water partition coefficient (Wildman–Crippen LogP) is 3.37. The number of nitrogens with zero attached hydrogens (tertiary/aromatic N) is 2. The molecule has 0 unspecified atom stereocenters. The number of thiazole rings is 1. The smallest absolute Gasteiger partial charge is 0.279 e. The molecule has 1 aliphatic rings. The minimum Gasteiger partial charge on any atom is -0.486 e. The number of amides is 1. The molecule has 1 aliphatic heterocycles. The van der Waals surface area contributed by atoms with Crippen molar-refractivity contribution in [1.29, 1.82) is 0 Å². The number of aromatic nitrogens is 1. The molecule has 0 saturated carbocycles. The van der Waals surface area contributed by atoms with E-state index in [2.05, 4.69) is 4.99 Å². The Kier molecular flexibility index (Phi) is 3.84. The van der Waals surface area contributed by atoms with Crippen LogP contribution in [0.3, 0.4) is 0 Å². The van der Waals surface area contributed by atoms with Crippen LogP contribution in [0.4, 0.5) is 0 Å². The van der Waals surface area contributed by atoms with Crippen molar-refractivity contribution in [1.82, 2.24) is 4.57 Å². The van der Waals surface area contributed by atoms with E-state index in [0.717, 1.165) is 32.8 Å². The van der Waals surface area contributed by atoms with E-state index in [4.69, 9.17) is 9.47 Å². The molecule has 25 heavy (non-hydrogen) atoms. The number of rotatable bonds is 1. The van der Waals surface area contributed by atoms with Gasteiger partial charge in [-0.3, -0.25) is 4.79 Å². The van der Waals surface area contributed by atoms with Gasteiger partial charge in [-0.1, -0.05) is 17.4 Å². The van der Waals surface area contributed by atoms with E-state index in [1.54, 1.807) is 0 Å². The molecule has 0 atom stereocenters. The molecule has 0 radical (unpaired) electrons. The monoisotopic (exact) mass is 354 g/mol. The summed E-state index contributed by atoms with van der Waals surface area (Å²) in [5.74, 6) is 1.24. The van der Waals surface area contributed by atoms with Crippen molar-refractivity contribution in [3.63, 3.8) is 0 Å². The maximum absolute atomic E-state index is 12.5. The summed E-state index contributed by atoms with van der Waals surface area (Å²) >= 11 is 1.47. The fourth-order valence-corrected chi connectivity index (χ4v) is 3.82. The van der Waals surface area contributed by atoms with Crippen molar-refractivity contribution in [3.05, 3.63) is 51.8 Å². The van der Waals surface area contributed by atoms with Crippen LogP contribution in [0, 0.1) is 13.8 Å². The third-order valence-electron chi connectivity index (χ3n) is 4.42. The van der Waals surface area contributed by atoms with Crippen LogP contribution in [0.1, 0.15) is 21.5 Å². The van der Waals surface area contributed by atoms with E-state index >= 15 is 0 Å². The van der Waals surface area contributed by atoms with Crippen LogP contribution in [0.25, 0.3) is 10.2 Å². The Labute approximate surface area is 149 Å². The van der Waals surface area contributed by atoms with Crippen molar-refractivity contribution in [3.8, 4) is 11.5 Å². The van der Waals surface area contributed by atoms with Gasteiger partial charge < -0.3 is 14.0 Å². The zero-order valence-electron chi connectivity index (χ0n) is 14.3. The first-order valence-electron chi connectivity index (χ1n) is 8.08. The van der Waals surface area contributed by atoms with Gasteiger partial charge >= 0.3 is 0 Å². The van der Waals surface area contributed by atoms with Crippen molar-refractivity contribution in [2.75, 3.05) is 13.2 Å². The highest BCUT2D eigenvalue weighted by Crippen LogP contribution is 2.35. The second-order valence-electron chi connectivity index (χ2n) is 6.12. The van der Waals surface area contributed by atoms with Crippen LogP contribution in [-0.2, 0) is 7.05 Å². The summed E-state index contributed by atoms with van der Waals surface area (Å²) in [5, 5.41) is 0. The lowest BCUT2D eigenvalue weighted by molar-refractivity contribution is 0.0998. The minimum atomic E-state index is -0.234. The van der Waals surface area contributed by atoms with E-state index in [0.29, 0.717) is 23.6 Å². The van der Waals surface area contributed by atoms with Gasteiger partial charge in [-0.05, 0) is 37.1 Å². The Morgan fingerprint density at radius 3 is 2.52 bits per heavy atom. The summed E-state index contributed by atoms with van der Waals surface area (Å²) in [6, 6.07) is 9.55. The number of carbonyl (C=O) groups excluding carboxylic acids is 1. The van der Waals surface area contributed by atoms with Gasteiger partial charge in [0.05, 0.1) is 10.2 Å². The van der Waals surface area contributed by atoms with E-state index in [-0.39, 0.29) is 5.91 Å². The van der Waals surface area contributed by atoms with E-state index in [1.807, 2.05) is 55.8 Å². The summed E-state index contributed by atoms with van der Waals surface area (Å²) < 4.78 is 14.2. The summed E-state index contributed by atoms with van der Waals surface area (Å²) in [5.41, 5.74) is 3.82. The normalized spacial score (nSPS) is 14.1. The average Bonchev–Trinajstić information content (AvgIpc) is 2.90. The Balaban J connectivity index is 1.80. The molecular formula is C19H18N2O3S. The molecule has 2 aromatic carbocycles. The minimum absolute atomic E-state index is 0.234. The van der Waals surface area contributed by atoms with Crippen LogP contribution >= 0.6 is 11.3 Å². The average molecular weight is 354 g/mol. The van der Waals surface area contributed by atoms with Gasteiger partial charge in [0, 0.05) is 24.7 Å². The lowest BCUT2D eigenvalue weighted by Gasteiger charge is -2.18. The number of aryl methyl sites for hydroxylation is 3. The second-order valence-corrected chi connectivity index (χ2v) is 7.13. The van der Waals surface area contributed by atoms with Crippen LogP contribution < -0.4 is 14.3 Å². The third-order valence-corrected chi connectivity index (χ3v) is 5.52. The van der Waals surface area contributed by atoms with Crippen LogP contribution in [0.15, 0.2) is 35.3 Å². The van der Waals surface area contributed by atoms with Crippen molar-refractivity contribution < 1.29 is 14.3 Å². The van der Waals surface area contributed by atoms with Gasteiger partial charge in [0.2, 0.25) is 0 Å². The molecule has 2 heterocycles. The Morgan fingerprint density at radius 2 is 1.80 bits per heavy atom. The molecule has 1 amide bonds. The third kappa shape index (κ3) is 2.82. The fraction of sp³-hybridized carbons (Fsp3) is 0.263. The SMILES string of the molecule is Cc1ccc(C(=O)N=c2sc3cc4c(cc3n2C)OCCO4)cc1C. The molecule has 6 heteroatoms. The topological polar surface area (TPSA) is 52.8 Å². The Bertz CT molecular complexity index is 1060. The lowest BCUT2D eigenvalue weighted by Crippen LogP contribution is -2.15. The van der Waals surface area contributed by atoms with Gasteiger partial charge in [-0.2, -0.15) is 4.99 Å². The van der Waals surface area contributed by atoms with Gasteiger partial charge in [-0.15, -0.1) is 0 Å². The van der Waals surface area contributed by atoms with Crippen LogP contribution in [0.5, 0.6) is 11.5 Å². The molecule has 3 aromatic rings. The maximum atomic E-state index is 12.5. The first kappa shape index (κ1) is 15.9. The second kappa shape index (κ2) is 6.04. The van der Waals surface area contributed by atoms with E-state index < -0.39 is 0 Å². The zero-order chi connectivity index (χ0) is 17.6. The number of carbonyl (C=O) groups is 1. The van der Waals surface area contributed by atoms with Crippen molar-refractivity contribution in [2.24, 2.45) is 12.0 Å². The summed E-state index contributed by atoms with van der Waals surface area (Å²) in [7, 11) is 1.90. The van der Waals surface area contributed by atoms with Gasteiger partial charge in [0.1, 0.15) is 13.2 Å². The fourth-order valence-electron chi connectivity index (χ4n) is 2.80. The van der Waals surface area contributed by atoms with E-state index in [9.17, 15) is 4.79 Å². The number of hydrogen-bond donors (Lipinski definition) is 0. The highest BCUT2D eigenvalue weighted by molar-refractivity contribution is 7.16. The molecule has 1 aromatic heterocycles. The van der Waals surface area contributed by atoms with Crippen molar-refractivity contribution >= 4 is 27.5 Å². The molecule has 0 N–H and O–H groups in total. The highest BCUT2D eigenvalue weighted by Gasteiger charge is 2.15. The maximum Gasteiger partial charge on any atom is 0.279 e. The number of benzene rings is 2. The highest BCUT2D eigenvalue weighted by atomic mass is 32.1. The summed E-state index contributed by atoms with van der Waals surface area (Å²) in [6.07, 6.45) is 0. The molecule has 5 nitrogen and oxygen atoms in total. The predicted molar refractivity (Wildman–Crippen MR) is 97.6 cm³/mol. The molecule has 0 spiro atoms. The van der Waals surface area contributed by atoms with Crippen LogP contribution in [-0.4, -0.2) is 23.7 Å². The Morgan fingerprint density at radius 1 is 1.08 bits per heavy atom. The van der Waals surface area contributed by atoms with Gasteiger partial charge in [-0.25, -0.2) is 0 Å². The van der Waals surface area contributed by atoms with Crippen molar-refractivity contribution in [2.45, 2.75) is 13.8 Å². The van der Waals surface area contributed by atoms with Gasteiger partial charge in [0.25, 0.3) is 5.91 Å². The first-order chi connectivity index (χ1) is 12.0. The molecule has 0 saturated heterocycles. The lowest BCUT2D eigenvalue weighted by atomic mass is 10.1. The largest absolute Gasteiger partial charge is 0.486 e. The molecule has 128 valence electrons. The molecule has 0 aliphatic carbocycles. The quantitative estimate of drug-likeness (QED) is 0.673. The number of fused-ring (bicyclic) bond motifs is 2. The van der Waals surface area contributed by atoms with Gasteiger partial charge in [0.15, 0.2) is 16.3 Å². The molecule has 4 rings (SSSR count). The number of hydrogen-bond acceptors (Lipinski definition) is 4. The van der Waals surface area contributed by atoms with Crippen LogP contribution in [0.2, 0.25) is 0 Å². The number of ether oxygens (including phenoxy) is 2. The Hall–Kier alpha value is -2.60. The zero-order valence-corrected chi connectivity index (χ0v) is 15.1. The molecule has 0 bridgehead atoms. The summed E-state index contributed by atoms with van der Waals surface area (Å²) in [4.78, 5) is 17.5. The first-order valence-corrected chi connectivity index (χ1v) is 8.90. The molecular weight excluding hydrogens is 336 g/mol.